The molecule has 2 aliphatic heterocycles. The van der Waals surface area contributed by atoms with Crippen molar-refractivity contribution in [3.63, 3.8) is 0 Å². The molecule has 0 radical (unpaired) electrons. The van der Waals surface area contributed by atoms with E-state index in [0.29, 0.717) is 31.1 Å². The minimum Gasteiger partial charge on any atom is -0.493 e. The fourth-order valence-corrected chi connectivity index (χ4v) is 4.12. The predicted octanol–water partition coefficient (Wildman–Crippen LogP) is 2.34. The van der Waals surface area contributed by atoms with Gasteiger partial charge in [-0.2, -0.15) is 0 Å². The summed E-state index contributed by atoms with van der Waals surface area (Å²) in [7, 11) is 3.14. The molecule has 2 aromatic carbocycles. The molecule has 1 N–H and O–H groups in total. The Bertz CT molecular complexity index is 928. The van der Waals surface area contributed by atoms with E-state index in [1.54, 1.807) is 31.3 Å². The maximum Gasteiger partial charge on any atom is 0.317 e. The van der Waals surface area contributed by atoms with E-state index in [1.807, 2.05) is 29.2 Å². The molecule has 2 fully saturated rings. The summed E-state index contributed by atoms with van der Waals surface area (Å²) in [5, 5.41) is 3.03. The van der Waals surface area contributed by atoms with Gasteiger partial charge in [0.25, 0.3) is 0 Å². The molecule has 8 heteroatoms. The summed E-state index contributed by atoms with van der Waals surface area (Å²) in [4.78, 5) is 31.1. The number of hydrogen-bond donors (Lipinski definition) is 1. The first-order valence-electron chi connectivity index (χ1n) is 10.5. The Hall–Kier alpha value is -3.42. The number of carbonyl (C=O) groups is 2. The highest BCUT2D eigenvalue weighted by Gasteiger charge is 2.33. The predicted molar refractivity (Wildman–Crippen MR) is 119 cm³/mol. The highest BCUT2D eigenvalue weighted by atomic mass is 16.5. The van der Waals surface area contributed by atoms with Crippen LogP contribution in [0.15, 0.2) is 48.5 Å². The molecule has 1 atom stereocenters. The van der Waals surface area contributed by atoms with Gasteiger partial charge >= 0.3 is 6.03 Å². The molecule has 0 spiro atoms. The molecule has 0 aliphatic carbocycles. The van der Waals surface area contributed by atoms with Crippen molar-refractivity contribution in [3.05, 3.63) is 48.5 Å². The van der Waals surface area contributed by atoms with Gasteiger partial charge in [-0.15, -0.1) is 0 Å². The van der Waals surface area contributed by atoms with Crippen LogP contribution in [0.2, 0.25) is 0 Å². The molecule has 164 valence electrons. The Morgan fingerprint density at radius 1 is 0.935 bits per heavy atom. The van der Waals surface area contributed by atoms with Crippen LogP contribution in [0.1, 0.15) is 6.42 Å². The van der Waals surface area contributed by atoms with Gasteiger partial charge in [-0.25, -0.2) is 4.79 Å². The summed E-state index contributed by atoms with van der Waals surface area (Å²) in [5.41, 5.74) is 1.91. The van der Waals surface area contributed by atoms with Crippen molar-refractivity contribution in [3.8, 4) is 11.5 Å². The molecule has 8 nitrogen and oxygen atoms in total. The van der Waals surface area contributed by atoms with Crippen LogP contribution in [-0.4, -0.2) is 69.8 Å². The zero-order valence-corrected chi connectivity index (χ0v) is 17.9. The van der Waals surface area contributed by atoms with Gasteiger partial charge in [-0.3, -0.25) is 4.79 Å². The molecule has 3 amide bonds. The van der Waals surface area contributed by atoms with E-state index in [0.717, 1.165) is 18.8 Å². The van der Waals surface area contributed by atoms with E-state index in [2.05, 4.69) is 22.3 Å². The van der Waals surface area contributed by atoms with Crippen molar-refractivity contribution < 1.29 is 19.1 Å². The molecule has 2 saturated heterocycles. The number of nitrogens with zero attached hydrogens (tertiary/aromatic N) is 3. The van der Waals surface area contributed by atoms with Gasteiger partial charge in [0.1, 0.15) is 0 Å². The Morgan fingerprint density at radius 3 is 2.32 bits per heavy atom. The van der Waals surface area contributed by atoms with E-state index in [9.17, 15) is 9.59 Å². The van der Waals surface area contributed by atoms with Gasteiger partial charge in [-0.1, -0.05) is 18.2 Å². The monoisotopic (exact) mass is 424 g/mol. The molecule has 2 aliphatic rings. The smallest absolute Gasteiger partial charge is 0.317 e. The maximum atomic E-state index is 12.8. The first-order valence-corrected chi connectivity index (χ1v) is 10.5. The largest absolute Gasteiger partial charge is 0.493 e. The van der Waals surface area contributed by atoms with Crippen molar-refractivity contribution in [1.29, 1.82) is 0 Å². The van der Waals surface area contributed by atoms with Gasteiger partial charge in [0.05, 0.1) is 20.3 Å². The molecule has 0 aromatic heterocycles. The van der Waals surface area contributed by atoms with E-state index < -0.39 is 0 Å². The first-order chi connectivity index (χ1) is 15.1. The molecule has 0 unspecified atom stereocenters. The summed E-state index contributed by atoms with van der Waals surface area (Å²) in [6, 6.07) is 15.3. The molecule has 0 saturated carbocycles. The Labute approximate surface area is 182 Å². The zero-order chi connectivity index (χ0) is 21.8. The lowest BCUT2D eigenvalue weighted by Crippen LogP contribution is -2.53. The topological polar surface area (TPSA) is 74.4 Å². The first kappa shape index (κ1) is 20.8. The number of para-hydroxylation sites is 1. The fraction of sp³-hybridized carbons (Fsp3) is 0.391. The minimum atomic E-state index is -0.222. The van der Waals surface area contributed by atoms with Crippen molar-refractivity contribution >= 4 is 23.3 Å². The normalized spacial score (nSPS) is 18.8. The third-order valence-corrected chi connectivity index (χ3v) is 5.82. The third kappa shape index (κ3) is 4.52. The summed E-state index contributed by atoms with van der Waals surface area (Å²) in [6.07, 6.45) is 0.282. The summed E-state index contributed by atoms with van der Waals surface area (Å²) >= 11 is 0. The summed E-state index contributed by atoms with van der Waals surface area (Å²) < 4.78 is 10.6. The maximum absolute atomic E-state index is 12.8. The lowest BCUT2D eigenvalue weighted by Gasteiger charge is -2.36. The molecule has 2 aromatic rings. The number of hydrogen-bond acceptors (Lipinski definition) is 5. The quantitative estimate of drug-likeness (QED) is 0.798. The minimum absolute atomic E-state index is 0.0218. The number of anilines is 2. The number of urea groups is 1. The van der Waals surface area contributed by atoms with E-state index in [-0.39, 0.29) is 24.4 Å². The Balaban J connectivity index is 1.32. The van der Waals surface area contributed by atoms with Crippen molar-refractivity contribution in [2.45, 2.75) is 12.5 Å². The SMILES string of the molecule is COc1ccc(N2C[C@H](NC(=O)N3CCN(c4ccccc4)CC3)CC2=O)cc1OC. The number of rotatable bonds is 5. The Morgan fingerprint density at radius 2 is 1.65 bits per heavy atom. The Kier molecular flexibility index (Phi) is 6.16. The number of nitrogens with one attached hydrogen (secondary N) is 1. The van der Waals surface area contributed by atoms with Crippen molar-refractivity contribution in [1.82, 2.24) is 10.2 Å². The zero-order valence-electron chi connectivity index (χ0n) is 17.9. The molecule has 2 heterocycles. The van der Waals surface area contributed by atoms with Crippen LogP contribution in [0.25, 0.3) is 0 Å². The second-order valence-corrected chi connectivity index (χ2v) is 7.70. The lowest BCUT2D eigenvalue weighted by atomic mass is 10.2. The number of ether oxygens (including phenoxy) is 2. The van der Waals surface area contributed by atoms with E-state index >= 15 is 0 Å². The van der Waals surface area contributed by atoms with Crippen molar-refractivity contribution in [2.24, 2.45) is 0 Å². The number of carbonyl (C=O) groups excluding carboxylic acids is 2. The van der Waals surface area contributed by atoms with E-state index in [1.165, 1.54) is 5.69 Å². The van der Waals surface area contributed by atoms with Gasteiger partial charge in [0.15, 0.2) is 11.5 Å². The summed E-state index contributed by atoms with van der Waals surface area (Å²) in [5.74, 6) is 1.15. The number of benzene rings is 2. The van der Waals surface area contributed by atoms with Gasteiger partial charge in [0.2, 0.25) is 5.91 Å². The van der Waals surface area contributed by atoms with Crippen LogP contribution in [0.5, 0.6) is 11.5 Å². The van der Waals surface area contributed by atoms with Gasteiger partial charge in [0, 0.05) is 56.6 Å². The molecular formula is C23H28N4O4. The third-order valence-electron chi connectivity index (χ3n) is 5.82. The van der Waals surface area contributed by atoms with Crippen LogP contribution < -0.4 is 24.6 Å². The van der Waals surface area contributed by atoms with Crippen LogP contribution in [-0.2, 0) is 4.79 Å². The number of amides is 3. The average molecular weight is 425 g/mol. The van der Waals surface area contributed by atoms with Crippen molar-refractivity contribution in [2.75, 3.05) is 56.7 Å². The highest BCUT2D eigenvalue weighted by Crippen LogP contribution is 2.33. The van der Waals surface area contributed by atoms with E-state index in [4.69, 9.17) is 9.47 Å². The number of piperazine rings is 1. The van der Waals surface area contributed by atoms with Crippen LogP contribution in [0.3, 0.4) is 0 Å². The standard InChI is InChI=1S/C23H28N4O4/c1-30-20-9-8-19(15-21(20)31-2)27-16-17(14-22(27)28)24-23(29)26-12-10-25(11-13-26)18-6-4-3-5-7-18/h3-9,15,17H,10-14,16H2,1-2H3,(H,24,29)/t17-/m1/s1. The van der Waals surface area contributed by atoms with Crippen LogP contribution >= 0.6 is 0 Å². The molecule has 4 rings (SSSR count). The summed E-state index contributed by atoms with van der Waals surface area (Å²) in [6.45, 7) is 3.32. The van der Waals surface area contributed by atoms with Crippen LogP contribution in [0, 0.1) is 0 Å². The highest BCUT2D eigenvalue weighted by molar-refractivity contribution is 5.97. The lowest BCUT2D eigenvalue weighted by molar-refractivity contribution is -0.117. The van der Waals surface area contributed by atoms with Gasteiger partial charge < -0.3 is 29.5 Å². The second kappa shape index (κ2) is 9.16. The molecule has 0 bridgehead atoms. The van der Waals surface area contributed by atoms with Gasteiger partial charge in [-0.05, 0) is 24.3 Å². The molecular weight excluding hydrogens is 396 g/mol. The average Bonchev–Trinajstić information content (AvgIpc) is 3.19. The van der Waals surface area contributed by atoms with Crippen LogP contribution in [0.4, 0.5) is 16.2 Å². The number of methoxy groups -OCH3 is 2. The second-order valence-electron chi connectivity index (χ2n) is 7.70. The molecule has 31 heavy (non-hydrogen) atoms. The fourth-order valence-electron chi connectivity index (χ4n) is 4.12.